The number of hydrogen-bond donors (Lipinski definition) is 3. The van der Waals surface area contributed by atoms with E-state index < -0.39 is 12.2 Å². The maximum atomic E-state index is 12.8. The lowest BCUT2D eigenvalue weighted by Crippen LogP contribution is -2.48. The SMILES string of the molecule is COCc1cc(-c2csc(C)n2)ccc1-c1ccc(Cl)cc1.COCc1cc(-c2nc(C)no2)ccc1-c1ccc(Cl)cc1.COCc1cc(C(=O)N2CC[C@H](O)[C@H](O)C2)ccc1-c1ccc(Cl)cc1.COCc1ccc(C(=O)N2CCCCC2)cc1-c1ccc(Cl)cc1.COCc1ccc(C(=O)NC(C)C)cc1-c1ccc(Cl)cc1. The standard InChI is InChI=1S/C20H22ClNO4.C20H22ClNO2.C18H20ClNO2.C18H16ClNOS.C17H15ClN2O2/c1-26-12-15-10-14(20(25)22-9-8-18(23)19(24)11-22)4-7-17(15)13-2-5-16(21)6-3-13;1-24-14-17-6-5-16(20(23)22-11-3-2-4-12-22)13-19(17)15-7-9-18(21)10-8-15;1-12(2)20-18(21)14-4-5-15(11-22-3)17(10-14)13-6-8-16(19)9-7-13;1-12-20-18(11-22-12)14-5-8-17(15(9-14)10-21-2)13-3-6-16(19)7-4-13;1-11-19-17(22-20-11)13-5-8-16(14(9-13)10-21-2)12-3-6-15(18)7-4-12/h2-7,10,18-19,23-24H,8-9,11-12H2,1H3;5-10,13H,2-4,11-12,14H2,1H3;4-10,12H,11H2,1-3H3,(H,20,21);3-9,11H,10H2,1-2H3;3-9H,10H2,1-2H3/t18-,19+;;;;/m0..../s1. The first kappa shape index (κ1) is 88.9. The molecule has 3 N–H and O–H groups in total. The van der Waals surface area contributed by atoms with E-state index in [0.717, 1.165) is 147 Å². The summed E-state index contributed by atoms with van der Waals surface area (Å²) in [6, 6.07) is 68.0. The van der Waals surface area contributed by atoms with E-state index >= 15 is 0 Å². The first-order valence-electron chi connectivity index (χ1n) is 37.9. The average molecular weight is 1680 g/mol. The van der Waals surface area contributed by atoms with Crippen LogP contribution in [-0.4, -0.2) is 133 Å². The van der Waals surface area contributed by atoms with Crippen molar-refractivity contribution in [3.05, 3.63) is 298 Å². The number of methoxy groups -OCH3 is 5. The minimum atomic E-state index is -0.903. The topological polar surface area (TPSA) is 208 Å². The molecule has 4 heterocycles. The summed E-state index contributed by atoms with van der Waals surface area (Å²) >= 11 is 31.5. The Labute approximate surface area is 708 Å². The molecule has 0 aliphatic carbocycles. The number of carbonyl (C=O) groups excluding carboxylic acids is 3. The fourth-order valence-electron chi connectivity index (χ4n) is 13.4. The predicted octanol–water partition coefficient (Wildman–Crippen LogP) is 21.9. The maximum absolute atomic E-state index is 12.8. The van der Waals surface area contributed by atoms with Crippen LogP contribution in [0.25, 0.3) is 78.3 Å². The van der Waals surface area contributed by atoms with Gasteiger partial charge in [-0.25, -0.2) is 4.98 Å². The number of benzene rings is 10. The van der Waals surface area contributed by atoms with Gasteiger partial charge in [-0.1, -0.05) is 160 Å². The lowest BCUT2D eigenvalue weighted by Gasteiger charge is -2.33. The van der Waals surface area contributed by atoms with Crippen LogP contribution in [0.1, 0.15) is 109 Å². The van der Waals surface area contributed by atoms with E-state index in [1.54, 1.807) is 64.8 Å². The molecule has 2 aromatic heterocycles. The monoisotopic (exact) mass is 1680 g/mol. The van der Waals surface area contributed by atoms with Crippen LogP contribution in [0.3, 0.4) is 0 Å². The second kappa shape index (κ2) is 44.2. The highest BCUT2D eigenvalue weighted by Gasteiger charge is 2.30. The second-order valence-corrected chi connectivity index (χ2v) is 31.4. The van der Waals surface area contributed by atoms with Crippen molar-refractivity contribution in [1.82, 2.24) is 30.2 Å². The fraction of sp³-hybridized carbons (Fsp3) is 0.269. The highest BCUT2D eigenvalue weighted by Crippen LogP contribution is 2.36. The summed E-state index contributed by atoms with van der Waals surface area (Å²) in [7, 11) is 8.34. The van der Waals surface area contributed by atoms with Crippen molar-refractivity contribution >= 4 is 87.1 Å². The summed E-state index contributed by atoms with van der Waals surface area (Å²) < 4.78 is 31.8. The third-order valence-electron chi connectivity index (χ3n) is 19.2. The number of aryl methyl sites for hydroxylation is 2. The zero-order chi connectivity index (χ0) is 82.8. The Bertz CT molecular complexity index is 5060. The van der Waals surface area contributed by atoms with Crippen molar-refractivity contribution < 1.29 is 52.8 Å². The molecule has 14 rings (SSSR count). The lowest BCUT2D eigenvalue weighted by atomic mass is 9.97. The van der Waals surface area contributed by atoms with Crippen LogP contribution in [0.4, 0.5) is 0 Å². The molecule has 12 aromatic rings. The van der Waals surface area contributed by atoms with Gasteiger partial charge in [-0.2, -0.15) is 4.98 Å². The van der Waals surface area contributed by atoms with Crippen molar-refractivity contribution in [2.75, 3.05) is 61.7 Å². The van der Waals surface area contributed by atoms with Crippen LogP contribution >= 0.6 is 69.3 Å². The zero-order valence-electron chi connectivity index (χ0n) is 66.3. The number of thiazole rings is 1. The number of halogens is 5. The van der Waals surface area contributed by atoms with Gasteiger partial charge in [0, 0.05) is 126 Å². The summed E-state index contributed by atoms with van der Waals surface area (Å²) in [5.74, 6) is 1.02. The van der Waals surface area contributed by atoms with E-state index in [9.17, 15) is 24.6 Å². The molecule has 17 nitrogen and oxygen atoms in total. The summed E-state index contributed by atoms with van der Waals surface area (Å²) in [6.45, 7) is 12.4. The van der Waals surface area contributed by atoms with Gasteiger partial charge in [-0.15, -0.1) is 11.3 Å². The Morgan fingerprint density at radius 3 is 1.24 bits per heavy atom. The lowest BCUT2D eigenvalue weighted by molar-refractivity contribution is -0.0321. The zero-order valence-corrected chi connectivity index (χ0v) is 70.9. The second-order valence-electron chi connectivity index (χ2n) is 28.1. The quantitative estimate of drug-likeness (QED) is 0.0612. The van der Waals surface area contributed by atoms with E-state index in [1.807, 2.05) is 214 Å². The van der Waals surface area contributed by atoms with Crippen LogP contribution in [0.15, 0.2) is 222 Å². The Morgan fingerprint density at radius 2 is 0.819 bits per heavy atom. The van der Waals surface area contributed by atoms with Crippen LogP contribution in [0.5, 0.6) is 0 Å². The molecule has 604 valence electrons. The summed E-state index contributed by atoms with van der Waals surface area (Å²) in [5.41, 5.74) is 20.6. The van der Waals surface area contributed by atoms with Gasteiger partial charge in [-0.3, -0.25) is 14.4 Å². The number of piperidine rings is 2. The molecular formula is C93H95Cl5N6O11S. The number of aromatic nitrogens is 3. The molecule has 2 atom stereocenters. The number of ether oxygens (including phenoxy) is 5. The van der Waals surface area contributed by atoms with Gasteiger partial charge in [0.2, 0.25) is 0 Å². The summed E-state index contributed by atoms with van der Waals surface area (Å²) in [4.78, 5) is 50.1. The molecule has 2 aliphatic rings. The number of aliphatic hydroxyl groups excluding tert-OH is 2. The van der Waals surface area contributed by atoms with E-state index in [2.05, 4.69) is 44.0 Å². The number of hydrogen-bond acceptors (Lipinski definition) is 15. The predicted molar refractivity (Wildman–Crippen MR) is 467 cm³/mol. The number of likely N-dealkylation sites (tertiary alicyclic amines) is 2. The van der Waals surface area contributed by atoms with Gasteiger partial charge in [0.1, 0.15) is 0 Å². The molecule has 0 saturated carbocycles. The third kappa shape index (κ3) is 25.0. The molecule has 3 amide bonds. The smallest absolute Gasteiger partial charge is 0.257 e. The van der Waals surface area contributed by atoms with E-state index in [4.69, 9.17) is 86.2 Å². The number of amides is 3. The molecule has 116 heavy (non-hydrogen) atoms. The summed E-state index contributed by atoms with van der Waals surface area (Å²) in [5, 5.41) is 32.9. The molecule has 2 aliphatic heterocycles. The molecule has 2 saturated heterocycles. The number of aliphatic hydroxyl groups is 2. The van der Waals surface area contributed by atoms with Crippen molar-refractivity contribution in [3.8, 4) is 78.3 Å². The van der Waals surface area contributed by atoms with Crippen molar-refractivity contribution in [2.24, 2.45) is 0 Å². The van der Waals surface area contributed by atoms with E-state index in [0.29, 0.717) is 83.9 Å². The van der Waals surface area contributed by atoms with Gasteiger partial charge < -0.3 is 53.5 Å². The Balaban J connectivity index is 0.000000153. The Kier molecular flexibility index (Phi) is 33.9. The number of carbonyl (C=O) groups is 3. The number of rotatable bonds is 21. The van der Waals surface area contributed by atoms with Crippen LogP contribution in [0, 0.1) is 13.8 Å². The van der Waals surface area contributed by atoms with Crippen LogP contribution in [-0.2, 0) is 56.7 Å². The summed E-state index contributed by atoms with van der Waals surface area (Å²) in [6.07, 6.45) is 2.11. The molecule has 10 aromatic carbocycles. The molecule has 0 spiro atoms. The van der Waals surface area contributed by atoms with Crippen LogP contribution < -0.4 is 5.32 Å². The number of β-amino-alcohol motifs (C(OH)–C–C–N with tert-alkyl or cyclic N) is 1. The highest BCUT2D eigenvalue weighted by atomic mass is 35.5. The molecular weight excluding hydrogens is 1590 g/mol. The first-order chi connectivity index (χ1) is 56.0. The van der Waals surface area contributed by atoms with Crippen LogP contribution in [0.2, 0.25) is 25.1 Å². The Hall–Kier alpha value is -9.45. The molecule has 0 radical (unpaired) electrons. The Morgan fingerprint density at radius 1 is 0.440 bits per heavy atom. The molecule has 0 bridgehead atoms. The fourth-order valence-corrected chi connectivity index (χ4v) is 14.6. The third-order valence-corrected chi connectivity index (χ3v) is 21.2. The van der Waals surface area contributed by atoms with Gasteiger partial charge in [0.05, 0.1) is 55.9 Å². The highest BCUT2D eigenvalue weighted by molar-refractivity contribution is 7.09. The van der Waals surface area contributed by atoms with E-state index in [-0.39, 0.29) is 30.3 Å². The first-order valence-corrected chi connectivity index (χ1v) is 40.7. The van der Waals surface area contributed by atoms with Gasteiger partial charge in [-0.05, 0) is 252 Å². The van der Waals surface area contributed by atoms with E-state index in [1.165, 1.54) is 6.42 Å². The van der Waals surface area contributed by atoms with Crippen molar-refractivity contribution in [1.29, 1.82) is 0 Å². The molecule has 0 unspecified atom stereocenters. The largest absolute Gasteiger partial charge is 0.390 e. The maximum Gasteiger partial charge on any atom is 0.257 e. The number of nitrogens with zero attached hydrogens (tertiary/aromatic N) is 5. The number of nitrogens with one attached hydrogen (secondary N) is 1. The van der Waals surface area contributed by atoms with Gasteiger partial charge >= 0.3 is 0 Å². The van der Waals surface area contributed by atoms with Crippen molar-refractivity contribution in [2.45, 2.75) is 105 Å². The van der Waals surface area contributed by atoms with Gasteiger partial charge in [0.15, 0.2) is 5.82 Å². The van der Waals surface area contributed by atoms with Gasteiger partial charge in [0.25, 0.3) is 23.6 Å². The molecule has 2 fully saturated rings. The minimum Gasteiger partial charge on any atom is -0.390 e. The normalized spacial score (nSPS) is 13.7. The van der Waals surface area contributed by atoms with Crippen molar-refractivity contribution in [3.63, 3.8) is 0 Å². The minimum absolute atomic E-state index is 0.0748. The average Bonchev–Trinajstić information content (AvgIpc) is 1.61. The molecule has 23 heteroatoms.